The molecule has 2 aromatic rings. The van der Waals surface area contributed by atoms with Crippen molar-refractivity contribution in [3.05, 3.63) is 58.7 Å². The number of aromatic amines is 1. The third-order valence-corrected chi connectivity index (χ3v) is 5.03. The molecule has 0 saturated carbocycles. The zero-order valence-corrected chi connectivity index (χ0v) is 17.0. The maximum atomic E-state index is 13.6. The molecule has 0 radical (unpaired) electrons. The molecule has 0 spiro atoms. The van der Waals surface area contributed by atoms with Crippen molar-refractivity contribution in [3.63, 3.8) is 0 Å². The molecule has 1 aliphatic heterocycles. The van der Waals surface area contributed by atoms with E-state index in [0.717, 1.165) is 5.56 Å². The van der Waals surface area contributed by atoms with E-state index in [1.807, 2.05) is 13.8 Å². The number of fused-ring (bicyclic) bond motifs is 1. The van der Waals surface area contributed by atoms with Crippen molar-refractivity contribution in [2.24, 2.45) is 0 Å². The second-order valence-corrected chi connectivity index (χ2v) is 8.24. The van der Waals surface area contributed by atoms with Crippen molar-refractivity contribution in [2.45, 2.75) is 45.1 Å². The van der Waals surface area contributed by atoms with Crippen LogP contribution in [-0.2, 0) is 14.9 Å². The van der Waals surface area contributed by atoms with Crippen molar-refractivity contribution >= 4 is 11.9 Å². The van der Waals surface area contributed by atoms with Gasteiger partial charge >= 0.3 is 5.97 Å². The van der Waals surface area contributed by atoms with Gasteiger partial charge in [-0.3, -0.25) is 9.59 Å². The van der Waals surface area contributed by atoms with Crippen molar-refractivity contribution < 1.29 is 18.7 Å². The van der Waals surface area contributed by atoms with Crippen LogP contribution in [0.5, 0.6) is 0 Å². The first-order chi connectivity index (χ1) is 13.6. The summed E-state index contributed by atoms with van der Waals surface area (Å²) in [6.07, 6.45) is -0.319. The normalized spacial score (nSPS) is 18.0. The minimum absolute atomic E-state index is 0.0721. The van der Waals surface area contributed by atoms with Crippen LogP contribution in [0.15, 0.2) is 30.3 Å². The average Bonchev–Trinajstić information content (AvgIpc) is 3.04. The van der Waals surface area contributed by atoms with Gasteiger partial charge in [-0.2, -0.15) is 5.26 Å². The Labute approximate surface area is 169 Å². The van der Waals surface area contributed by atoms with E-state index in [1.54, 1.807) is 30.9 Å². The van der Waals surface area contributed by atoms with Crippen LogP contribution < -0.4 is 0 Å². The lowest BCUT2D eigenvalue weighted by Gasteiger charge is -2.30. The summed E-state index contributed by atoms with van der Waals surface area (Å²) in [7, 11) is 0. The van der Waals surface area contributed by atoms with E-state index in [0.29, 0.717) is 17.9 Å². The number of halogens is 1. The highest BCUT2D eigenvalue weighted by molar-refractivity contribution is 5.95. The van der Waals surface area contributed by atoms with E-state index in [-0.39, 0.29) is 24.1 Å². The first kappa shape index (κ1) is 20.6. The number of benzene rings is 1. The first-order valence-corrected chi connectivity index (χ1v) is 9.51. The summed E-state index contributed by atoms with van der Waals surface area (Å²) in [4.78, 5) is 30.6. The van der Waals surface area contributed by atoms with Crippen molar-refractivity contribution in [2.75, 3.05) is 13.1 Å². The summed E-state index contributed by atoms with van der Waals surface area (Å²) in [6.45, 7) is 7.78. The molecule has 1 aromatic heterocycles. The fraction of sp³-hybridized carbons (Fsp3) is 0.409. The first-order valence-electron chi connectivity index (χ1n) is 9.51. The number of H-pyrrole nitrogens is 1. The Morgan fingerprint density at radius 1 is 1.34 bits per heavy atom. The van der Waals surface area contributed by atoms with Crippen molar-refractivity contribution in [1.82, 2.24) is 9.88 Å². The number of rotatable bonds is 3. The molecule has 1 aliphatic rings. The van der Waals surface area contributed by atoms with Crippen LogP contribution in [0.3, 0.4) is 0 Å². The van der Waals surface area contributed by atoms with Crippen LogP contribution in [0, 0.1) is 17.1 Å². The van der Waals surface area contributed by atoms with E-state index in [2.05, 4.69) is 11.1 Å². The number of esters is 1. The topological polar surface area (TPSA) is 86.2 Å². The van der Waals surface area contributed by atoms with Gasteiger partial charge in [0.2, 0.25) is 0 Å². The second-order valence-electron chi connectivity index (χ2n) is 8.24. The molecule has 1 amide bonds. The fourth-order valence-electron chi connectivity index (χ4n) is 3.77. The molecule has 6 nitrogen and oxygen atoms in total. The van der Waals surface area contributed by atoms with Crippen LogP contribution in [0.4, 0.5) is 4.39 Å². The van der Waals surface area contributed by atoms with Crippen molar-refractivity contribution in [1.29, 1.82) is 5.26 Å². The molecule has 152 valence electrons. The second kappa shape index (κ2) is 7.70. The summed E-state index contributed by atoms with van der Waals surface area (Å²) in [5.41, 5.74) is 1.44. The maximum absolute atomic E-state index is 13.6. The van der Waals surface area contributed by atoms with Crippen LogP contribution >= 0.6 is 0 Å². The van der Waals surface area contributed by atoms with E-state index < -0.39 is 23.1 Å². The Kier molecular flexibility index (Phi) is 5.47. The molecule has 0 bridgehead atoms. The Morgan fingerprint density at radius 3 is 2.69 bits per heavy atom. The monoisotopic (exact) mass is 397 g/mol. The van der Waals surface area contributed by atoms with Gasteiger partial charge in [0, 0.05) is 29.8 Å². The third kappa shape index (κ3) is 4.16. The molecule has 29 heavy (non-hydrogen) atoms. The zero-order valence-electron chi connectivity index (χ0n) is 17.0. The summed E-state index contributed by atoms with van der Waals surface area (Å²) >= 11 is 0. The summed E-state index contributed by atoms with van der Waals surface area (Å²) < 4.78 is 19.1. The number of amides is 1. The average molecular weight is 397 g/mol. The van der Waals surface area contributed by atoms with Gasteiger partial charge in [-0.15, -0.1) is 0 Å². The summed E-state index contributed by atoms with van der Waals surface area (Å²) in [6, 6.07) is 9.31. The number of nitrogens with zero attached hydrogens (tertiary/aromatic N) is 2. The fourth-order valence-corrected chi connectivity index (χ4v) is 3.77. The van der Waals surface area contributed by atoms with Crippen LogP contribution in [0.25, 0.3) is 0 Å². The number of hydrogen-bond acceptors (Lipinski definition) is 4. The standard InChI is InChI=1S/C22H24FN3O3/c1-13(2)29-21(28)17-11-26(20(27)14-6-5-7-15(23)8-14)12-22(3,4)18-9-16(10-24)25-19(17)18/h5-9,13,17,25H,11-12H2,1-4H3. The van der Waals surface area contributed by atoms with Gasteiger partial charge in [-0.1, -0.05) is 19.9 Å². The Bertz CT molecular complexity index is 987. The highest BCUT2D eigenvalue weighted by Crippen LogP contribution is 2.37. The molecule has 1 unspecified atom stereocenters. The van der Waals surface area contributed by atoms with E-state index >= 15 is 0 Å². The molecular formula is C22H24FN3O3. The SMILES string of the molecule is CC(C)OC(=O)C1CN(C(=O)c2cccc(F)c2)CC(C)(C)c2cc(C#N)[nH]c21. The molecule has 1 aromatic carbocycles. The predicted octanol–water partition coefficient (Wildman–Crippen LogP) is 3.49. The van der Waals surface area contributed by atoms with Crippen LogP contribution in [-0.4, -0.2) is 41.0 Å². The largest absolute Gasteiger partial charge is 0.462 e. The Balaban J connectivity index is 2.05. The molecule has 7 heteroatoms. The quantitative estimate of drug-likeness (QED) is 0.804. The number of nitrogens with one attached hydrogen (secondary N) is 1. The number of hydrogen-bond donors (Lipinski definition) is 1. The number of nitriles is 1. The number of carbonyl (C=O) groups is 2. The van der Waals surface area contributed by atoms with E-state index in [1.165, 1.54) is 18.2 Å². The highest BCUT2D eigenvalue weighted by atomic mass is 19.1. The van der Waals surface area contributed by atoms with Gasteiger partial charge in [-0.05, 0) is 43.7 Å². The van der Waals surface area contributed by atoms with Gasteiger partial charge in [0.1, 0.15) is 23.5 Å². The summed E-state index contributed by atoms with van der Waals surface area (Å²) in [5.74, 6) is -2.09. The lowest BCUT2D eigenvalue weighted by Crippen LogP contribution is -2.41. The molecule has 1 N–H and O–H groups in total. The molecule has 0 saturated heterocycles. The summed E-state index contributed by atoms with van der Waals surface area (Å²) in [5, 5.41) is 9.32. The van der Waals surface area contributed by atoms with Gasteiger partial charge in [0.05, 0.1) is 6.10 Å². The minimum Gasteiger partial charge on any atom is -0.462 e. The lowest BCUT2D eigenvalue weighted by atomic mass is 9.83. The molecular weight excluding hydrogens is 373 g/mol. The lowest BCUT2D eigenvalue weighted by molar-refractivity contribution is -0.149. The zero-order chi connectivity index (χ0) is 21.3. The molecule has 2 heterocycles. The number of ether oxygens (including phenoxy) is 1. The number of carbonyl (C=O) groups excluding carboxylic acids is 2. The van der Waals surface area contributed by atoms with Crippen LogP contribution in [0.2, 0.25) is 0 Å². The highest BCUT2D eigenvalue weighted by Gasteiger charge is 2.41. The van der Waals surface area contributed by atoms with Gasteiger partial charge in [0.25, 0.3) is 5.91 Å². The third-order valence-electron chi connectivity index (χ3n) is 5.03. The number of aromatic nitrogens is 1. The maximum Gasteiger partial charge on any atom is 0.317 e. The van der Waals surface area contributed by atoms with Crippen LogP contribution in [0.1, 0.15) is 60.9 Å². The molecule has 3 rings (SSSR count). The smallest absolute Gasteiger partial charge is 0.317 e. The minimum atomic E-state index is -0.770. The van der Waals surface area contributed by atoms with Crippen molar-refractivity contribution in [3.8, 4) is 6.07 Å². The van der Waals surface area contributed by atoms with Gasteiger partial charge in [-0.25, -0.2) is 4.39 Å². The van der Waals surface area contributed by atoms with Gasteiger partial charge in [0.15, 0.2) is 0 Å². The van der Waals surface area contributed by atoms with E-state index in [9.17, 15) is 19.2 Å². The molecule has 1 atom stereocenters. The predicted molar refractivity (Wildman–Crippen MR) is 105 cm³/mol. The molecule has 0 fully saturated rings. The molecule has 0 aliphatic carbocycles. The Hall–Kier alpha value is -3.14. The Morgan fingerprint density at radius 2 is 2.07 bits per heavy atom. The van der Waals surface area contributed by atoms with E-state index in [4.69, 9.17) is 4.74 Å². The van der Waals surface area contributed by atoms with Gasteiger partial charge < -0.3 is 14.6 Å².